The lowest BCUT2D eigenvalue weighted by Gasteiger charge is -2.27. The van der Waals surface area contributed by atoms with Crippen molar-refractivity contribution in [2.75, 3.05) is 20.8 Å². The van der Waals surface area contributed by atoms with E-state index in [2.05, 4.69) is 0 Å². The minimum absolute atomic E-state index is 0.200. The summed E-state index contributed by atoms with van der Waals surface area (Å²) in [5.41, 5.74) is 0.689. The van der Waals surface area contributed by atoms with Gasteiger partial charge in [0.2, 0.25) is 0 Å². The highest BCUT2D eigenvalue weighted by atomic mass is 16.5. The van der Waals surface area contributed by atoms with Crippen molar-refractivity contribution in [3.05, 3.63) is 23.8 Å². The third-order valence-electron chi connectivity index (χ3n) is 3.08. The molecule has 0 spiro atoms. The van der Waals surface area contributed by atoms with Gasteiger partial charge < -0.3 is 19.3 Å². The van der Waals surface area contributed by atoms with Crippen LogP contribution in [-0.2, 0) is 4.74 Å². The topological polar surface area (TPSA) is 47.9 Å². The van der Waals surface area contributed by atoms with E-state index in [-0.39, 0.29) is 12.0 Å². The zero-order chi connectivity index (χ0) is 14.4. The van der Waals surface area contributed by atoms with Crippen molar-refractivity contribution in [1.29, 1.82) is 0 Å². The van der Waals surface area contributed by atoms with E-state index in [1.165, 1.54) is 0 Å². The fraction of sp³-hybridized carbons (Fsp3) is 0.600. The van der Waals surface area contributed by atoms with Crippen LogP contribution >= 0.6 is 0 Å². The molecule has 1 rings (SSSR count). The van der Waals surface area contributed by atoms with Crippen LogP contribution in [0.1, 0.15) is 32.4 Å². The number of hydrogen-bond donors (Lipinski definition) is 1. The lowest BCUT2D eigenvalue weighted by molar-refractivity contribution is -0.0592. The van der Waals surface area contributed by atoms with Crippen LogP contribution in [0.2, 0.25) is 0 Å². The highest BCUT2D eigenvalue weighted by Gasteiger charge is 2.27. The van der Waals surface area contributed by atoms with Gasteiger partial charge in [-0.05, 0) is 31.0 Å². The number of benzene rings is 1. The zero-order valence-electron chi connectivity index (χ0n) is 12.3. The van der Waals surface area contributed by atoms with E-state index in [0.29, 0.717) is 23.7 Å². The molecule has 19 heavy (non-hydrogen) atoms. The fourth-order valence-electron chi connectivity index (χ4n) is 2.09. The van der Waals surface area contributed by atoms with Crippen LogP contribution in [0.25, 0.3) is 0 Å². The van der Waals surface area contributed by atoms with E-state index < -0.39 is 6.10 Å². The first kappa shape index (κ1) is 15.8. The minimum atomic E-state index is -0.745. The molecule has 0 saturated heterocycles. The lowest BCUT2D eigenvalue weighted by atomic mass is 9.95. The van der Waals surface area contributed by atoms with Crippen molar-refractivity contribution in [1.82, 2.24) is 0 Å². The van der Waals surface area contributed by atoms with Crippen LogP contribution in [0.15, 0.2) is 18.2 Å². The van der Waals surface area contributed by atoms with Gasteiger partial charge >= 0.3 is 0 Å². The summed E-state index contributed by atoms with van der Waals surface area (Å²) >= 11 is 0. The maximum Gasteiger partial charge on any atom is 0.125 e. The average Bonchev–Trinajstić information content (AvgIpc) is 2.42. The summed E-state index contributed by atoms with van der Waals surface area (Å²) in [6, 6.07) is 5.39. The largest absolute Gasteiger partial charge is 0.497 e. The van der Waals surface area contributed by atoms with Gasteiger partial charge in [0.05, 0.1) is 20.3 Å². The van der Waals surface area contributed by atoms with E-state index in [1.54, 1.807) is 32.4 Å². The van der Waals surface area contributed by atoms with Gasteiger partial charge in [0.25, 0.3) is 0 Å². The number of aliphatic hydroxyl groups is 1. The Balaban J connectivity index is 3.10. The summed E-state index contributed by atoms with van der Waals surface area (Å²) in [6.45, 7) is 6.53. The van der Waals surface area contributed by atoms with Crippen molar-refractivity contribution in [2.45, 2.75) is 33.0 Å². The van der Waals surface area contributed by atoms with Crippen LogP contribution in [0.5, 0.6) is 11.5 Å². The molecule has 0 aliphatic carbocycles. The Morgan fingerprint density at radius 1 is 1.16 bits per heavy atom. The number of hydrogen-bond acceptors (Lipinski definition) is 4. The zero-order valence-corrected chi connectivity index (χ0v) is 12.3. The van der Waals surface area contributed by atoms with E-state index >= 15 is 0 Å². The summed E-state index contributed by atoms with van der Waals surface area (Å²) in [5.74, 6) is 1.53. The lowest BCUT2D eigenvalue weighted by Crippen LogP contribution is -2.28. The Kier molecular flexibility index (Phi) is 6.12. The van der Waals surface area contributed by atoms with Gasteiger partial charge in [-0.2, -0.15) is 0 Å². The number of ether oxygens (including phenoxy) is 3. The number of aliphatic hydroxyl groups excluding tert-OH is 1. The van der Waals surface area contributed by atoms with Crippen molar-refractivity contribution in [2.24, 2.45) is 5.92 Å². The third kappa shape index (κ3) is 3.85. The van der Waals surface area contributed by atoms with Crippen LogP contribution in [-0.4, -0.2) is 32.0 Å². The standard InChI is InChI=1S/C15H24O4/c1-6-19-15(10(2)3)14(16)12-9-11(17-4)7-8-13(12)18-5/h7-10,14-16H,6H2,1-5H3. The molecule has 2 unspecified atom stereocenters. The van der Waals surface area contributed by atoms with Gasteiger partial charge in [-0.1, -0.05) is 13.8 Å². The van der Waals surface area contributed by atoms with Crippen molar-refractivity contribution >= 4 is 0 Å². The predicted octanol–water partition coefficient (Wildman–Crippen LogP) is 2.80. The maximum absolute atomic E-state index is 10.6. The Bertz CT molecular complexity index is 390. The molecule has 0 aliphatic heterocycles. The molecule has 4 nitrogen and oxygen atoms in total. The van der Waals surface area contributed by atoms with Crippen LogP contribution in [0.3, 0.4) is 0 Å². The molecule has 1 aromatic rings. The summed E-state index contributed by atoms with van der Waals surface area (Å²) in [7, 11) is 3.18. The molecule has 1 aromatic carbocycles. The highest BCUT2D eigenvalue weighted by Crippen LogP contribution is 2.34. The van der Waals surface area contributed by atoms with Gasteiger partial charge in [0.15, 0.2) is 0 Å². The summed E-state index contributed by atoms with van der Waals surface area (Å²) in [6.07, 6.45) is -1.02. The molecule has 0 bridgehead atoms. The molecule has 108 valence electrons. The van der Waals surface area contributed by atoms with Crippen LogP contribution < -0.4 is 9.47 Å². The fourth-order valence-corrected chi connectivity index (χ4v) is 2.09. The van der Waals surface area contributed by atoms with Gasteiger partial charge in [0, 0.05) is 12.2 Å². The second-order valence-electron chi connectivity index (χ2n) is 4.72. The quantitative estimate of drug-likeness (QED) is 0.826. The average molecular weight is 268 g/mol. The van der Waals surface area contributed by atoms with E-state index in [9.17, 15) is 5.11 Å². The molecule has 2 atom stereocenters. The molecule has 4 heteroatoms. The van der Waals surface area contributed by atoms with E-state index in [0.717, 1.165) is 0 Å². The highest BCUT2D eigenvalue weighted by molar-refractivity contribution is 5.42. The molecule has 0 fully saturated rings. The number of rotatable bonds is 7. The van der Waals surface area contributed by atoms with E-state index in [1.807, 2.05) is 20.8 Å². The predicted molar refractivity (Wildman–Crippen MR) is 74.8 cm³/mol. The van der Waals surface area contributed by atoms with Crippen molar-refractivity contribution in [3.8, 4) is 11.5 Å². The molecule has 0 saturated carbocycles. The monoisotopic (exact) mass is 268 g/mol. The normalized spacial score (nSPS) is 14.3. The maximum atomic E-state index is 10.6. The molecular weight excluding hydrogens is 244 g/mol. The number of methoxy groups -OCH3 is 2. The minimum Gasteiger partial charge on any atom is -0.497 e. The third-order valence-corrected chi connectivity index (χ3v) is 3.08. The van der Waals surface area contributed by atoms with E-state index in [4.69, 9.17) is 14.2 Å². The van der Waals surface area contributed by atoms with Gasteiger partial charge in [-0.3, -0.25) is 0 Å². The molecule has 0 aliphatic rings. The molecule has 1 N–H and O–H groups in total. The molecule has 0 radical (unpaired) electrons. The van der Waals surface area contributed by atoms with Crippen molar-refractivity contribution in [3.63, 3.8) is 0 Å². The summed E-state index contributed by atoms with van der Waals surface area (Å²) in [4.78, 5) is 0. The first-order chi connectivity index (χ1) is 9.04. The van der Waals surface area contributed by atoms with Gasteiger partial charge in [-0.15, -0.1) is 0 Å². The van der Waals surface area contributed by atoms with Gasteiger partial charge in [-0.25, -0.2) is 0 Å². The van der Waals surface area contributed by atoms with Crippen LogP contribution in [0, 0.1) is 5.92 Å². The smallest absolute Gasteiger partial charge is 0.125 e. The SMILES string of the molecule is CCOC(C(C)C)C(O)c1cc(OC)ccc1OC. The molecular formula is C15H24O4. The first-order valence-corrected chi connectivity index (χ1v) is 6.56. The Hall–Kier alpha value is -1.26. The molecule has 0 aromatic heterocycles. The van der Waals surface area contributed by atoms with Crippen LogP contribution in [0.4, 0.5) is 0 Å². The molecule has 0 amide bonds. The van der Waals surface area contributed by atoms with Crippen molar-refractivity contribution < 1.29 is 19.3 Å². The first-order valence-electron chi connectivity index (χ1n) is 6.56. The second kappa shape index (κ2) is 7.36. The summed E-state index contributed by atoms with van der Waals surface area (Å²) < 4.78 is 16.1. The second-order valence-corrected chi connectivity index (χ2v) is 4.72. The Labute approximate surface area is 115 Å². The van der Waals surface area contributed by atoms with Gasteiger partial charge in [0.1, 0.15) is 17.6 Å². The summed E-state index contributed by atoms with van der Waals surface area (Å²) in [5, 5.41) is 10.6. The Morgan fingerprint density at radius 2 is 1.84 bits per heavy atom. The molecule has 0 heterocycles. The Morgan fingerprint density at radius 3 is 2.32 bits per heavy atom.